The van der Waals surface area contributed by atoms with E-state index in [0.717, 1.165) is 51.4 Å². The summed E-state index contributed by atoms with van der Waals surface area (Å²) in [6.45, 7) is 4.10. The van der Waals surface area contributed by atoms with Crippen molar-refractivity contribution in [2.45, 2.75) is 283 Å². The second-order valence-electron chi connectivity index (χ2n) is 17.4. The Labute approximate surface area is 355 Å². The van der Waals surface area contributed by atoms with Gasteiger partial charge >= 0.3 is 0 Å². The van der Waals surface area contributed by atoms with Gasteiger partial charge in [-0.2, -0.15) is 0 Å². The van der Waals surface area contributed by atoms with Crippen molar-refractivity contribution in [1.29, 1.82) is 0 Å². The van der Waals surface area contributed by atoms with Crippen LogP contribution in [0, 0.1) is 0 Å². The summed E-state index contributed by atoms with van der Waals surface area (Å²) in [4.78, 5) is 12.5. The summed E-state index contributed by atoms with van der Waals surface area (Å²) >= 11 is 0. The van der Waals surface area contributed by atoms with Crippen molar-refractivity contribution in [1.82, 2.24) is 5.32 Å². The Morgan fingerprint density at radius 2 is 0.719 bits per heavy atom. The van der Waals surface area contributed by atoms with Crippen LogP contribution in [0.2, 0.25) is 0 Å². The highest BCUT2D eigenvalue weighted by molar-refractivity contribution is 5.80. The maximum absolute atomic E-state index is 12.5. The van der Waals surface area contributed by atoms with Crippen LogP contribution in [0.25, 0.3) is 0 Å². The summed E-state index contributed by atoms with van der Waals surface area (Å²) in [5, 5.41) is 33.1. The number of rotatable bonds is 46. The van der Waals surface area contributed by atoms with Gasteiger partial charge in [-0.1, -0.05) is 262 Å². The molecular weight excluding hydrogens is 703 g/mol. The fraction of sp³-hybridized carbons (Fsp3) is 0.865. The van der Waals surface area contributed by atoms with Crippen molar-refractivity contribution >= 4 is 5.91 Å². The van der Waals surface area contributed by atoms with Crippen LogP contribution >= 0.6 is 0 Å². The van der Waals surface area contributed by atoms with Crippen molar-refractivity contribution in [3.8, 4) is 0 Å². The van der Waals surface area contributed by atoms with E-state index in [2.05, 4.69) is 43.5 Å². The summed E-state index contributed by atoms with van der Waals surface area (Å²) in [6, 6.07) is -0.818. The number of carbonyl (C=O) groups excluding carboxylic acids is 1. The second kappa shape index (κ2) is 47.3. The second-order valence-corrected chi connectivity index (χ2v) is 17.4. The first kappa shape index (κ1) is 55.6. The Hall–Kier alpha value is -1.43. The number of unbranched alkanes of at least 4 members (excludes halogenated alkanes) is 34. The molecule has 0 aromatic rings. The standard InChI is InChI=1S/C52H99NO4/c1-3-5-7-9-11-13-15-16-17-18-19-20-21-22-23-24-25-26-27-28-29-30-31-32-33-34-35-37-39-41-43-45-47-51(56)52(57)53-49(48-54)50(55)46-44-42-40-38-36-14-12-10-8-6-4-2/h8,10,36,38,44,46,49-51,54-56H,3-7,9,11-35,37,39-43,45,47-48H2,1-2H3,(H,53,57)/b10-8+,38-36+,46-44+. The number of hydrogen-bond donors (Lipinski definition) is 4. The van der Waals surface area contributed by atoms with Crippen LogP contribution in [-0.4, -0.2) is 46.1 Å². The highest BCUT2D eigenvalue weighted by Gasteiger charge is 2.22. The van der Waals surface area contributed by atoms with Gasteiger partial charge in [-0.05, 0) is 38.5 Å². The highest BCUT2D eigenvalue weighted by atomic mass is 16.3. The van der Waals surface area contributed by atoms with Gasteiger partial charge in [-0.25, -0.2) is 0 Å². The van der Waals surface area contributed by atoms with E-state index in [1.54, 1.807) is 6.08 Å². The molecule has 0 rings (SSSR count). The molecule has 0 fully saturated rings. The quantitative estimate of drug-likeness (QED) is 0.0365. The van der Waals surface area contributed by atoms with Gasteiger partial charge in [-0.3, -0.25) is 4.79 Å². The molecule has 0 bridgehead atoms. The third kappa shape index (κ3) is 42.5. The number of aliphatic hydroxyl groups is 3. The van der Waals surface area contributed by atoms with Crippen LogP contribution in [0.15, 0.2) is 36.5 Å². The number of amides is 1. The molecule has 5 nitrogen and oxygen atoms in total. The third-order valence-electron chi connectivity index (χ3n) is 11.7. The van der Waals surface area contributed by atoms with E-state index >= 15 is 0 Å². The van der Waals surface area contributed by atoms with E-state index < -0.39 is 24.2 Å². The zero-order chi connectivity index (χ0) is 41.5. The zero-order valence-corrected chi connectivity index (χ0v) is 38.2. The molecule has 0 radical (unpaired) electrons. The van der Waals surface area contributed by atoms with Gasteiger partial charge in [0.25, 0.3) is 0 Å². The molecule has 0 saturated heterocycles. The Morgan fingerprint density at radius 3 is 1.04 bits per heavy atom. The van der Waals surface area contributed by atoms with Crippen LogP contribution in [0.3, 0.4) is 0 Å². The van der Waals surface area contributed by atoms with E-state index in [0.29, 0.717) is 6.42 Å². The van der Waals surface area contributed by atoms with Gasteiger partial charge in [0, 0.05) is 0 Å². The van der Waals surface area contributed by atoms with E-state index in [1.165, 1.54) is 193 Å². The van der Waals surface area contributed by atoms with Gasteiger partial charge in [-0.15, -0.1) is 0 Å². The van der Waals surface area contributed by atoms with Gasteiger partial charge in [0.15, 0.2) is 0 Å². The molecule has 5 heteroatoms. The maximum atomic E-state index is 12.5. The zero-order valence-electron chi connectivity index (χ0n) is 38.2. The highest BCUT2D eigenvalue weighted by Crippen LogP contribution is 2.17. The molecule has 0 saturated carbocycles. The van der Waals surface area contributed by atoms with Crippen LogP contribution < -0.4 is 5.32 Å². The van der Waals surface area contributed by atoms with Crippen LogP contribution in [-0.2, 0) is 4.79 Å². The lowest BCUT2D eigenvalue weighted by Gasteiger charge is -2.21. The molecule has 0 aromatic heterocycles. The normalized spacial score (nSPS) is 13.7. The number of hydrogen-bond acceptors (Lipinski definition) is 4. The monoisotopic (exact) mass is 802 g/mol. The largest absolute Gasteiger partial charge is 0.394 e. The summed E-state index contributed by atoms with van der Waals surface area (Å²) in [6.07, 6.45) is 60.9. The van der Waals surface area contributed by atoms with Crippen molar-refractivity contribution in [3.05, 3.63) is 36.5 Å². The van der Waals surface area contributed by atoms with Gasteiger partial charge in [0.1, 0.15) is 6.10 Å². The Balaban J connectivity index is 3.48. The minimum absolute atomic E-state index is 0.380. The van der Waals surface area contributed by atoms with E-state index in [9.17, 15) is 20.1 Å². The maximum Gasteiger partial charge on any atom is 0.249 e. The molecule has 0 heterocycles. The van der Waals surface area contributed by atoms with E-state index in [4.69, 9.17) is 0 Å². The van der Waals surface area contributed by atoms with Crippen molar-refractivity contribution in [2.24, 2.45) is 0 Å². The molecule has 3 atom stereocenters. The molecule has 0 aromatic carbocycles. The molecule has 0 spiro atoms. The predicted molar refractivity (Wildman–Crippen MR) is 250 cm³/mol. The molecule has 0 aliphatic heterocycles. The number of allylic oxidation sites excluding steroid dienone is 5. The molecule has 0 aliphatic rings. The van der Waals surface area contributed by atoms with E-state index in [-0.39, 0.29) is 6.61 Å². The molecule has 0 aliphatic carbocycles. The van der Waals surface area contributed by atoms with Crippen molar-refractivity contribution in [3.63, 3.8) is 0 Å². The Bertz CT molecular complexity index is 885. The first-order valence-electron chi connectivity index (χ1n) is 25.3. The first-order valence-corrected chi connectivity index (χ1v) is 25.3. The van der Waals surface area contributed by atoms with Crippen LogP contribution in [0.5, 0.6) is 0 Å². The van der Waals surface area contributed by atoms with Crippen LogP contribution in [0.1, 0.15) is 264 Å². The molecular formula is C52H99NO4. The molecule has 4 N–H and O–H groups in total. The minimum Gasteiger partial charge on any atom is -0.394 e. The van der Waals surface area contributed by atoms with Crippen molar-refractivity contribution < 1.29 is 20.1 Å². The Morgan fingerprint density at radius 1 is 0.421 bits per heavy atom. The SMILES string of the molecule is CCC/C=C/CC/C=C/CC/C=C/C(O)C(CO)NC(=O)C(O)CCCCCCCCCCCCCCCCCCCCCCCCCCCCCCCCCC. The third-order valence-corrected chi connectivity index (χ3v) is 11.7. The summed E-state index contributed by atoms with van der Waals surface area (Å²) in [5.41, 5.74) is 0. The molecule has 336 valence electrons. The fourth-order valence-corrected chi connectivity index (χ4v) is 7.76. The number of aliphatic hydroxyl groups excluding tert-OH is 3. The lowest BCUT2D eigenvalue weighted by atomic mass is 10.0. The number of nitrogens with one attached hydrogen (secondary N) is 1. The first-order chi connectivity index (χ1) is 28.1. The van der Waals surface area contributed by atoms with Gasteiger partial charge < -0.3 is 20.6 Å². The summed E-state index contributed by atoms with van der Waals surface area (Å²) < 4.78 is 0. The van der Waals surface area contributed by atoms with Crippen LogP contribution in [0.4, 0.5) is 0 Å². The van der Waals surface area contributed by atoms with Crippen molar-refractivity contribution in [2.75, 3.05) is 6.61 Å². The summed E-state index contributed by atoms with van der Waals surface area (Å²) in [5.74, 6) is -0.516. The smallest absolute Gasteiger partial charge is 0.249 e. The average Bonchev–Trinajstić information content (AvgIpc) is 3.22. The topological polar surface area (TPSA) is 89.8 Å². The lowest BCUT2D eigenvalue weighted by Crippen LogP contribution is -2.48. The molecule has 57 heavy (non-hydrogen) atoms. The minimum atomic E-state index is -1.11. The number of carbonyl (C=O) groups is 1. The average molecular weight is 802 g/mol. The molecule has 3 unspecified atom stereocenters. The fourth-order valence-electron chi connectivity index (χ4n) is 7.76. The Kier molecular flexibility index (Phi) is 46.1. The lowest BCUT2D eigenvalue weighted by molar-refractivity contribution is -0.131. The predicted octanol–water partition coefficient (Wildman–Crippen LogP) is 15.1. The van der Waals surface area contributed by atoms with E-state index in [1.807, 2.05) is 6.08 Å². The van der Waals surface area contributed by atoms with Gasteiger partial charge in [0.05, 0.1) is 18.8 Å². The molecule has 1 amide bonds. The summed E-state index contributed by atoms with van der Waals surface area (Å²) in [7, 11) is 0. The van der Waals surface area contributed by atoms with Gasteiger partial charge in [0.2, 0.25) is 5.91 Å².